The van der Waals surface area contributed by atoms with Crippen molar-refractivity contribution in [1.82, 2.24) is 16.0 Å². The Bertz CT molecular complexity index is 252. The van der Waals surface area contributed by atoms with Gasteiger partial charge in [0, 0.05) is 6.54 Å². The van der Waals surface area contributed by atoms with E-state index < -0.39 is 6.03 Å². The van der Waals surface area contributed by atoms with E-state index in [4.69, 9.17) is 0 Å². The summed E-state index contributed by atoms with van der Waals surface area (Å²) in [5.74, 6) is 0.577. The topological polar surface area (TPSA) is 70.2 Å². The Hall–Kier alpha value is -1.10. The van der Waals surface area contributed by atoms with Gasteiger partial charge < -0.3 is 10.6 Å². The lowest BCUT2D eigenvalue weighted by Crippen LogP contribution is -2.48. The van der Waals surface area contributed by atoms with Crippen LogP contribution in [0.2, 0.25) is 0 Å². The third-order valence-electron chi connectivity index (χ3n) is 2.67. The molecule has 3 amide bonds. The second-order valence-corrected chi connectivity index (χ2v) is 4.26. The monoisotopic (exact) mass is 227 g/mol. The minimum Gasteiger partial charge on any atom is -0.338 e. The average Bonchev–Trinajstić information content (AvgIpc) is 3.01. The van der Waals surface area contributed by atoms with Crippen molar-refractivity contribution in [3.05, 3.63) is 0 Å². The third kappa shape index (κ3) is 5.11. The summed E-state index contributed by atoms with van der Waals surface area (Å²) in [4.78, 5) is 22.6. The van der Waals surface area contributed by atoms with Gasteiger partial charge in [-0.3, -0.25) is 10.1 Å². The van der Waals surface area contributed by atoms with Crippen LogP contribution >= 0.6 is 0 Å². The Morgan fingerprint density at radius 1 is 1.38 bits per heavy atom. The maximum atomic E-state index is 11.5. The largest absolute Gasteiger partial charge is 0.338 e. The van der Waals surface area contributed by atoms with E-state index >= 15 is 0 Å². The summed E-state index contributed by atoms with van der Waals surface area (Å²) in [5, 5.41) is 7.91. The molecule has 0 spiro atoms. The van der Waals surface area contributed by atoms with Crippen molar-refractivity contribution in [2.45, 2.75) is 39.2 Å². The molecule has 3 N–H and O–H groups in total. The Morgan fingerprint density at radius 2 is 2.06 bits per heavy atom. The zero-order chi connectivity index (χ0) is 12.0. The van der Waals surface area contributed by atoms with Crippen LogP contribution in [0.4, 0.5) is 4.79 Å². The molecule has 0 aromatic carbocycles. The summed E-state index contributed by atoms with van der Waals surface area (Å²) in [6.07, 6.45) is 3.76. The van der Waals surface area contributed by atoms with Crippen LogP contribution in [0.1, 0.15) is 33.1 Å². The fourth-order valence-electron chi connectivity index (χ4n) is 1.43. The van der Waals surface area contributed by atoms with Gasteiger partial charge in [-0.05, 0) is 32.7 Å². The van der Waals surface area contributed by atoms with E-state index in [1.807, 2.05) is 0 Å². The number of nitrogens with one attached hydrogen (secondary N) is 3. The fourth-order valence-corrected chi connectivity index (χ4v) is 1.43. The molecule has 1 saturated carbocycles. The average molecular weight is 227 g/mol. The zero-order valence-electron chi connectivity index (χ0n) is 10.0. The number of imide groups is 1. The first kappa shape index (κ1) is 13.0. The molecule has 1 rings (SSSR count). The van der Waals surface area contributed by atoms with Gasteiger partial charge in [0.25, 0.3) is 0 Å². The van der Waals surface area contributed by atoms with Crippen molar-refractivity contribution in [2.24, 2.45) is 5.92 Å². The van der Waals surface area contributed by atoms with Gasteiger partial charge in [0.1, 0.15) is 0 Å². The highest BCUT2D eigenvalue weighted by Crippen LogP contribution is 2.31. The standard InChI is InChI=1S/C11H21N3O2/c1-3-12-11(16)14-10(15)8(2)13-7-6-9-4-5-9/h8-9,13H,3-7H2,1-2H3,(H2,12,14,15,16). The van der Waals surface area contributed by atoms with Gasteiger partial charge in [-0.25, -0.2) is 4.79 Å². The molecule has 0 aromatic heterocycles. The molecular weight excluding hydrogens is 206 g/mol. The van der Waals surface area contributed by atoms with Gasteiger partial charge in [0.05, 0.1) is 6.04 Å². The number of hydrogen-bond donors (Lipinski definition) is 3. The van der Waals surface area contributed by atoms with E-state index in [9.17, 15) is 9.59 Å². The number of urea groups is 1. The molecule has 1 atom stereocenters. The highest BCUT2D eigenvalue weighted by atomic mass is 16.2. The van der Waals surface area contributed by atoms with E-state index in [2.05, 4.69) is 16.0 Å². The van der Waals surface area contributed by atoms with Crippen LogP contribution in [-0.2, 0) is 4.79 Å². The number of carbonyl (C=O) groups excluding carboxylic acids is 2. The van der Waals surface area contributed by atoms with E-state index in [-0.39, 0.29) is 11.9 Å². The van der Waals surface area contributed by atoms with Crippen LogP contribution in [0.5, 0.6) is 0 Å². The van der Waals surface area contributed by atoms with E-state index in [0.717, 1.165) is 18.9 Å². The molecule has 16 heavy (non-hydrogen) atoms. The first-order valence-corrected chi connectivity index (χ1v) is 5.95. The van der Waals surface area contributed by atoms with Crippen molar-refractivity contribution in [1.29, 1.82) is 0 Å². The second kappa shape index (κ2) is 6.48. The van der Waals surface area contributed by atoms with Gasteiger partial charge in [-0.2, -0.15) is 0 Å². The molecule has 0 radical (unpaired) electrons. The Labute approximate surface area is 96.4 Å². The minimum absolute atomic E-state index is 0.276. The highest BCUT2D eigenvalue weighted by molar-refractivity contribution is 5.96. The maximum absolute atomic E-state index is 11.5. The first-order chi connectivity index (χ1) is 7.63. The lowest BCUT2D eigenvalue weighted by atomic mass is 10.2. The number of hydrogen-bond acceptors (Lipinski definition) is 3. The Balaban J connectivity index is 2.10. The SMILES string of the molecule is CCNC(=O)NC(=O)C(C)NCCC1CC1. The molecule has 5 nitrogen and oxygen atoms in total. The van der Waals surface area contributed by atoms with Crippen LogP contribution in [0, 0.1) is 5.92 Å². The zero-order valence-corrected chi connectivity index (χ0v) is 10.0. The molecule has 0 aliphatic heterocycles. The lowest BCUT2D eigenvalue weighted by molar-refractivity contribution is -0.121. The van der Waals surface area contributed by atoms with E-state index in [1.165, 1.54) is 12.8 Å². The number of carbonyl (C=O) groups is 2. The molecule has 0 saturated heterocycles. The predicted octanol–water partition coefficient (Wildman–Crippen LogP) is 0.610. The van der Waals surface area contributed by atoms with Crippen molar-refractivity contribution < 1.29 is 9.59 Å². The molecule has 5 heteroatoms. The van der Waals surface area contributed by atoms with Gasteiger partial charge in [0.15, 0.2) is 0 Å². The van der Waals surface area contributed by atoms with Crippen molar-refractivity contribution in [3.63, 3.8) is 0 Å². The lowest BCUT2D eigenvalue weighted by Gasteiger charge is -2.13. The van der Waals surface area contributed by atoms with Crippen molar-refractivity contribution in [3.8, 4) is 0 Å². The van der Waals surface area contributed by atoms with Crippen LogP contribution in [0.25, 0.3) is 0 Å². The van der Waals surface area contributed by atoms with E-state index in [1.54, 1.807) is 13.8 Å². The van der Waals surface area contributed by atoms with Gasteiger partial charge in [0.2, 0.25) is 5.91 Å². The van der Waals surface area contributed by atoms with Crippen LogP contribution in [0.15, 0.2) is 0 Å². The van der Waals surface area contributed by atoms with Crippen molar-refractivity contribution >= 4 is 11.9 Å². The predicted molar refractivity (Wildman–Crippen MR) is 62.0 cm³/mol. The summed E-state index contributed by atoms with van der Waals surface area (Å²) in [7, 11) is 0. The van der Waals surface area contributed by atoms with Crippen molar-refractivity contribution in [2.75, 3.05) is 13.1 Å². The normalized spacial score (nSPS) is 16.6. The summed E-state index contributed by atoms with van der Waals surface area (Å²) in [6.45, 7) is 4.93. The van der Waals surface area contributed by atoms with E-state index in [0.29, 0.717) is 6.54 Å². The molecule has 0 heterocycles. The number of rotatable bonds is 6. The highest BCUT2D eigenvalue weighted by Gasteiger charge is 2.21. The van der Waals surface area contributed by atoms with Crippen LogP contribution < -0.4 is 16.0 Å². The summed E-state index contributed by atoms with van der Waals surface area (Å²) < 4.78 is 0. The quantitative estimate of drug-likeness (QED) is 0.622. The smallest absolute Gasteiger partial charge is 0.321 e. The van der Waals surface area contributed by atoms with Gasteiger partial charge >= 0.3 is 6.03 Å². The molecular formula is C11H21N3O2. The summed E-state index contributed by atoms with van der Waals surface area (Å²) in [6, 6.07) is -0.746. The van der Waals surface area contributed by atoms with Crippen LogP contribution in [-0.4, -0.2) is 31.1 Å². The molecule has 1 fully saturated rings. The first-order valence-electron chi connectivity index (χ1n) is 5.95. The minimum atomic E-state index is -0.427. The van der Waals surface area contributed by atoms with Gasteiger partial charge in [-0.1, -0.05) is 12.8 Å². The fraction of sp³-hybridized carbons (Fsp3) is 0.818. The summed E-state index contributed by atoms with van der Waals surface area (Å²) >= 11 is 0. The Kier molecular flexibility index (Phi) is 5.25. The molecule has 1 unspecified atom stereocenters. The molecule has 1 aliphatic carbocycles. The van der Waals surface area contributed by atoms with Crippen LogP contribution in [0.3, 0.4) is 0 Å². The third-order valence-corrected chi connectivity index (χ3v) is 2.67. The Morgan fingerprint density at radius 3 is 2.62 bits per heavy atom. The molecule has 0 bridgehead atoms. The summed E-state index contributed by atoms with van der Waals surface area (Å²) in [5.41, 5.74) is 0. The molecule has 0 aromatic rings. The molecule has 1 aliphatic rings. The molecule has 92 valence electrons. The second-order valence-electron chi connectivity index (χ2n) is 4.26. The maximum Gasteiger partial charge on any atom is 0.321 e. The number of amides is 3. The van der Waals surface area contributed by atoms with Gasteiger partial charge in [-0.15, -0.1) is 0 Å².